The predicted octanol–water partition coefficient (Wildman–Crippen LogP) is 4.66. The fourth-order valence-corrected chi connectivity index (χ4v) is 3.50. The van der Waals surface area contributed by atoms with Gasteiger partial charge in [0.05, 0.1) is 12.2 Å². The molecular weight excluding hydrogens is 340 g/mol. The van der Waals surface area contributed by atoms with Crippen molar-refractivity contribution < 1.29 is 19.1 Å². The number of carbonyl (C=O) groups excluding carboxylic acids is 2. The van der Waals surface area contributed by atoms with Gasteiger partial charge in [-0.15, -0.1) is 0 Å². The lowest BCUT2D eigenvalue weighted by molar-refractivity contribution is -0.156. The maximum absolute atomic E-state index is 12.9. The highest BCUT2D eigenvalue weighted by molar-refractivity contribution is 5.90. The summed E-state index contributed by atoms with van der Waals surface area (Å²) in [6.07, 6.45) is 5.26. The Morgan fingerprint density at radius 1 is 1.07 bits per heavy atom. The zero-order valence-electron chi connectivity index (χ0n) is 15.5. The molecule has 27 heavy (non-hydrogen) atoms. The monoisotopic (exact) mass is 364 g/mol. The molecule has 1 fully saturated rings. The van der Waals surface area contributed by atoms with Gasteiger partial charge in [-0.2, -0.15) is 0 Å². The smallest absolute Gasteiger partial charge is 0.338 e. The second kappa shape index (κ2) is 8.67. The van der Waals surface area contributed by atoms with E-state index >= 15 is 0 Å². The van der Waals surface area contributed by atoms with Crippen molar-refractivity contribution in [1.82, 2.24) is 0 Å². The number of carbonyl (C=O) groups is 2. The minimum atomic E-state index is -0.948. The van der Waals surface area contributed by atoms with Gasteiger partial charge in [0, 0.05) is 0 Å². The molecule has 2 atom stereocenters. The quantitative estimate of drug-likeness (QED) is 0.700. The third-order valence-electron chi connectivity index (χ3n) is 4.92. The largest absolute Gasteiger partial charge is 0.465 e. The Labute approximate surface area is 159 Å². The van der Waals surface area contributed by atoms with Crippen LogP contribution >= 0.6 is 0 Å². The van der Waals surface area contributed by atoms with Crippen molar-refractivity contribution in [3.8, 4) is 0 Å². The molecular formula is C23H24O4. The summed E-state index contributed by atoms with van der Waals surface area (Å²) in [6.45, 7) is 2.07. The summed E-state index contributed by atoms with van der Waals surface area (Å²) in [6, 6.07) is 18.6. The highest BCUT2D eigenvalue weighted by Gasteiger charge is 2.50. The summed E-state index contributed by atoms with van der Waals surface area (Å²) in [7, 11) is 0. The summed E-state index contributed by atoms with van der Waals surface area (Å²) >= 11 is 0. The first-order valence-electron chi connectivity index (χ1n) is 9.33. The average molecular weight is 364 g/mol. The van der Waals surface area contributed by atoms with Gasteiger partial charge in [-0.3, -0.25) is 4.79 Å². The Bertz CT molecular complexity index is 798. The third-order valence-corrected chi connectivity index (χ3v) is 4.92. The Balaban J connectivity index is 1.87. The van der Waals surface area contributed by atoms with Crippen LogP contribution in [0.25, 0.3) is 6.08 Å². The molecule has 0 N–H and O–H groups in total. The van der Waals surface area contributed by atoms with Gasteiger partial charge in [0.15, 0.2) is 0 Å². The van der Waals surface area contributed by atoms with Crippen LogP contribution in [0.5, 0.6) is 0 Å². The topological polar surface area (TPSA) is 52.6 Å². The molecule has 0 radical (unpaired) electrons. The standard InChI is InChI=1S/C23H24O4/c1-2-26-22(25)23(17-15-18-10-5-3-6-11-18)16-9-14-20(23)27-21(24)19-12-7-4-8-13-19/h3-8,10-13,15,17,20H,2,9,14,16H2,1H3. The van der Waals surface area contributed by atoms with Crippen LogP contribution in [0.4, 0.5) is 0 Å². The van der Waals surface area contributed by atoms with Crippen molar-refractivity contribution in [3.05, 3.63) is 77.9 Å². The van der Waals surface area contributed by atoms with E-state index in [1.807, 2.05) is 48.6 Å². The van der Waals surface area contributed by atoms with Crippen LogP contribution in [0.15, 0.2) is 66.7 Å². The number of esters is 2. The van der Waals surface area contributed by atoms with Crippen molar-refractivity contribution in [3.63, 3.8) is 0 Å². The van der Waals surface area contributed by atoms with Gasteiger partial charge >= 0.3 is 11.9 Å². The SMILES string of the molecule is CCOC(=O)C1(C=Cc2ccccc2)CCCC1OC(=O)c1ccccc1. The summed E-state index contributed by atoms with van der Waals surface area (Å²) < 4.78 is 11.1. The number of hydrogen-bond acceptors (Lipinski definition) is 4. The van der Waals surface area contributed by atoms with E-state index in [2.05, 4.69) is 0 Å². The average Bonchev–Trinajstić information content (AvgIpc) is 3.11. The number of rotatable bonds is 6. The minimum absolute atomic E-state index is 0.291. The van der Waals surface area contributed by atoms with Gasteiger partial charge in [0.25, 0.3) is 0 Å². The van der Waals surface area contributed by atoms with Crippen LogP contribution in [0.1, 0.15) is 42.1 Å². The molecule has 0 aromatic heterocycles. The second-order valence-electron chi connectivity index (χ2n) is 6.66. The Hall–Kier alpha value is -2.88. The molecule has 0 aliphatic heterocycles. The maximum Gasteiger partial charge on any atom is 0.338 e. The first-order chi connectivity index (χ1) is 13.2. The van der Waals surface area contributed by atoms with Gasteiger partial charge in [-0.25, -0.2) is 4.79 Å². The van der Waals surface area contributed by atoms with Crippen molar-refractivity contribution >= 4 is 18.0 Å². The van der Waals surface area contributed by atoms with E-state index < -0.39 is 17.5 Å². The molecule has 2 aromatic carbocycles. The van der Waals surface area contributed by atoms with Crippen LogP contribution in [-0.2, 0) is 14.3 Å². The molecule has 1 aliphatic rings. The maximum atomic E-state index is 12.9. The number of hydrogen-bond donors (Lipinski definition) is 0. The number of ether oxygens (including phenoxy) is 2. The lowest BCUT2D eigenvalue weighted by Crippen LogP contribution is -2.40. The molecule has 4 nitrogen and oxygen atoms in total. The zero-order valence-corrected chi connectivity index (χ0v) is 15.5. The molecule has 0 heterocycles. The summed E-state index contributed by atoms with van der Waals surface area (Å²) in [4.78, 5) is 25.4. The van der Waals surface area contributed by atoms with E-state index in [9.17, 15) is 9.59 Å². The highest BCUT2D eigenvalue weighted by atomic mass is 16.6. The highest BCUT2D eigenvalue weighted by Crippen LogP contribution is 2.43. The van der Waals surface area contributed by atoms with E-state index in [0.717, 1.165) is 12.0 Å². The van der Waals surface area contributed by atoms with E-state index in [4.69, 9.17) is 9.47 Å². The van der Waals surface area contributed by atoms with Crippen LogP contribution in [0.2, 0.25) is 0 Å². The van der Waals surface area contributed by atoms with Crippen molar-refractivity contribution in [2.24, 2.45) is 5.41 Å². The van der Waals surface area contributed by atoms with Gasteiger partial charge in [0.2, 0.25) is 0 Å². The van der Waals surface area contributed by atoms with Gasteiger partial charge < -0.3 is 9.47 Å². The van der Waals surface area contributed by atoms with E-state index in [1.54, 1.807) is 31.2 Å². The molecule has 3 rings (SSSR count). The van der Waals surface area contributed by atoms with Crippen LogP contribution < -0.4 is 0 Å². The minimum Gasteiger partial charge on any atom is -0.465 e. The van der Waals surface area contributed by atoms with Gasteiger partial charge in [-0.05, 0) is 43.9 Å². The lowest BCUT2D eigenvalue weighted by Gasteiger charge is -2.30. The zero-order chi connectivity index (χ0) is 19.1. The van der Waals surface area contributed by atoms with Crippen molar-refractivity contribution in [2.75, 3.05) is 6.61 Å². The Kier molecular flexibility index (Phi) is 6.07. The Morgan fingerprint density at radius 3 is 2.41 bits per heavy atom. The molecule has 2 aromatic rings. The molecule has 1 aliphatic carbocycles. The van der Waals surface area contributed by atoms with Crippen molar-refractivity contribution in [1.29, 1.82) is 0 Å². The molecule has 0 bridgehead atoms. The first-order valence-corrected chi connectivity index (χ1v) is 9.33. The molecule has 4 heteroatoms. The molecule has 0 spiro atoms. The van der Waals surface area contributed by atoms with E-state index in [0.29, 0.717) is 25.0 Å². The fourth-order valence-electron chi connectivity index (χ4n) is 3.50. The third kappa shape index (κ3) is 4.27. The fraction of sp³-hybridized carbons (Fsp3) is 0.304. The van der Waals surface area contributed by atoms with Crippen molar-refractivity contribution in [2.45, 2.75) is 32.3 Å². The van der Waals surface area contributed by atoms with Crippen LogP contribution in [0.3, 0.4) is 0 Å². The van der Waals surface area contributed by atoms with E-state index in [-0.39, 0.29) is 5.97 Å². The van der Waals surface area contributed by atoms with E-state index in [1.165, 1.54) is 0 Å². The number of benzene rings is 2. The summed E-state index contributed by atoms with van der Waals surface area (Å²) in [5.74, 6) is -0.746. The van der Waals surface area contributed by atoms with Crippen LogP contribution in [-0.4, -0.2) is 24.6 Å². The molecule has 0 amide bonds. The molecule has 140 valence electrons. The lowest BCUT2D eigenvalue weighted by atomic mass is 9.83. The van der Waals surface area contributed by atoms with Gasteiger partial charge in [-0.1, -0.05) is 60.7 Å². The molecule has 0 saturated heterocycles. The first kappa shape index (κ1) is 18.9. The second-order valence-corrected chi connectivity index (χ2v) is 6.66. The molecule has 1 saturated carbocycles. The molecule has 2 unspecified atom stereocenters. The van der Waals surface area contributed by atoms with Gasteiger partial charge in [0.1, 0.15) is 11.5 Å². The summed E-state index contributed by atoms with van der Waals surface area (Å²) in [5, 5.41) is 0. The Morgan fingerprint density at radius 2 is 1.74 bits per heavy atom. The normalized spacial score (nSPS) is 21.9. The van der Waals surface area contributed by atoms with Crippen LogP contribution in [0, 0.1) is 5.41 Å². The predicted molar refractivity (Wildman–Crippen MR) is 104 cm³/mol. The summed E-state index contributed by atoms with van der Waals surface area (Å²) in [5.41, 5.74) is 0.520.